The molecule has 3 heterocycles. The van der Waals surface area contributed by atoms with E-state index in [9.17, 15) is 13.6 Å². The Hall–Kier alpha value is -3.75. The number of hydrogen-bond acceptors (Lipinski definition) is 5. The Morgan fingerprint density at radius 2 is 1.83 bits per heavy atom. The van der Waals surface area contributed by atoms with E-state index in [-0.39, 0.29) is 23.6 Å². The summed E-state index contributed by atoms with van der Waals surface area (Å²) < 4.78 is 29.1. The Labute approximate surface area is 208 Å². The number of aromatic nitrogens is 2. The number of halogens is 2. The van der Waals surface area contributed by atoms with Crippen molar-refractivity contribution in [2.24, 2.45) is 4.99 Å². The van der Waals surface area contributed by atoms with E-state index in [0.717, 1.165) is 43.3 Å². The molecule has 1 aliphatic carbocycles. The Balaban J connectivity index is 1.38. The highest BCUT2D eigenvalue weighted by molar-refractivity contribution is 6.21. The maximum atomic E-state index is 13.6. The van der Waals surface area contributed by atoms with Crippen LogP contribution in [0.1, 0.15) is 47.7 Å². The summed E-state index contributed by atoms with van der Waals surface area (Å²) in [5, 5.41) is 8.20. The van der Waals surface area contributed by atoms with Gasteiger partial charge in [-0.05, 0) is 43.4 Å². The second-order valence-electron chi connectivity index (χ2n) is 9.83. The van der Waals surface area contributed by atoms with Crippen LogP contribution in [0.4, 0.5) is 26.1 Å². The predicted molar refractivity (Wildman–Crippen MR) is 135 cm³/mol. The van der Waals surface area contributed by atoms with Gasteiger partial charge in [0.2, 0.25) is 5.96 Å². The van der Waals surface area contributed by atoms with E-state index in [1.165, 1.54) is 12.1 Å². The molecule has 7 nitrogen and oxygen atoms in total. The van der Waals surface area contributed by atoms with Crippen LogP contribution < -0.4 is 10.2 Å². The molecule has 3 aliphatic rings. The number of benzene rings is 2. The molecule has 9 heteroatoms. The van der Waals surface area contributed by atoms with Crippen LogP contribution >= 0.6 is 0 Å². The number of carbonyl (C=O) groups is 1. The minimum absolute atomic E-state index is 0.00380. The summed E-state index contributed by atoms with van der Waals surface area (Å²) in [5.74, 6) is -1.05. The Kier molecular flexibility index (Phi) is 5.31. The molecule has 0 bridgehead atoms. The van der Waals surface area contributed by atoms with Crippen LogP contribution in [0.2, 0.25) is 0 Å². The van der Waals surface area contributed by atoms with Gasteiger partial charge in [-0.15, -0.1) is 0 Å². The molecule has 1 amide bonds. The van der Waals surface area contributed by atoms with Crippen LogP contribution in [0, 0.1) is 0 Å². The Morgan fingerprint density at radius 3 is 2.56 bits per heavy atom. The monoisotopic (exact) mass is 490 g/mol. The molecule has 0 saturated heterocycles. The molecule has 0 radical (unpaired) electrons. The maximum absolute atomic E-state index is 13.6. The van der Waals surface area contributed by atoms with Gasteiger partial charge in [-0.25, -0.2) is 18.5 Å². The van der Waals surface area contributed by atoms with Gasteiger partial charge in [0.1, 0.15) is 11.4 Å². The first kappa shape index (κ1) is 22.7. The van der Waals surface area contributed by atoms with Crippen molar-refractivity contribution in [2.45, 2.75) is 57.2 Å². The number of rotatable bonds is 6. The lowest BCUT2D eigenvalue weighted by molar-refractivity contribution is 0.0174. The second-order valence-corrected chi connectivity index (χ2v) is 9.83. The van der Waals surface area contributed by atoms with Crippen LogP contribution in [-0.2, 0) is 18.9 Å². The Bertz CT molecular complexity index is 1330. The van der Waals surface area contributed by atoms with E-state index in [2.05, 4.69) is 10.2 Å². The third kappa shape index (κ3) is 3.73. The molecule has 36 heavy (non-hydrogen) atoms. The van der Waals surface area contributed by atoms with Gasteiger partial charge in [0, 0.05) is 31.8 Å². The van der Waals surface area contributed by atoms with Crippen molar-refractivity contribution in [3.8, 4) is 0 Å². The number of alkyl halides is 2. The third-order valence-electron chi connectivity index (χ3n) is 7.35. The van der Waals surface area contributed by atoms with Crippen molar-refractivity contribution >= 4 is 29.2 Å². The van der Waals surface area contributed by atoms with Crippen LogP contribution in [0.25, 0.3) is 0 Å². The molecule has 2 aliphatic heterocycles. The zero-order valence-corrected chi connectivity index (χ0v) is 20.3. The van der Waals surface area contributed by atoms with Crippen molar-refractivity contribution in [3.05, 3.63) is 71.3 Å². The van der Waals surface area contributed by atoms with Gasteiger partial charge in [0.05, 0.1) is 12.1 Å². The summed E-state index contributed by atoms with van der Waals surface area (Å²) in [6, 6.07) is 16.5. The highest BCUT2D eigenvalue weighted by Crippen LogP contribution is 2.43. The van der Waals surface area contributed by atoms with Gasteiger partial charge < -0.3 is 5.32 Å². The molecule has 3 aromatic rings. The zero-order chi connectivity index (χ0) is 25.0. The quantitative estimate of drug-likeness (QED) is 0.518. The summed E-state index contributed by atoms with van der Waals surface area (Å²) in [5.41, 5.74) is 2.30. The lowest BCUT2D eigenvalue weighted by atomic mass is 10.1. The average molecular weight is 491 g/mol. The molecular formula is C27H28F2N6O. The molecule has 1 saturated carbocycles. The van der Waals surface area contributed by atoms with E-state index in [0.29, 0.717) is 30.3 Å². The summed E-state index contributed by atoms with van der Waals surface area (Å²) in [6.45, 7) is 1.40. The number of hydrogen-bond donors (Lipinski definition) is 1. The molecule has 1 N–H and O–H groups in total. The summed E-state index contributed by atoms with van der Waals surface area (Å²) in [7, 11) is 1.77. The van der Waals surface area contributed by atoms with Gasteiger partial charge in [-0.2, -0.15) is 5.10 Å². The van der Waals surface area contributed by atoms with Gasteiger partial charge in [-0.1, -0.05) is 42.5 Å². The number of para-hydroxylation sites is 1. The largest absolute Gasteiger partial charge is 0.338 e. The van der Waals surface area contributed by atoms with Gasteiger partial charge in [-0.3, -0.25) is 14.6 Å². The number of anilines is 3. The van der Waals surface area contributed by atoms with Crippen molar-refractivity contribution in [1.82, 2.24) is 14.7 Å². The average Bonchev–Trinajstić information content (AvgIpc) is 3.55. The SMILES string of the molecule is CN1C(=O)c2c(Nc3ccccc3)nn(CCc3ccc(C(C)(F)F)cc3)c2N2C1=N[C@@H]1CCC[C@@H]12. The molecular weight excluding hydrogens is 462 g/mol. The molecule has 1 aromatic heterocycles. The Morgan fingerprint density at radius 1 is 1.08 bits per heavy atom. The standard InChI is InChI=1S/C27H28F2N6O/c1-27(28,29)18-13-11-17(12-14-18)15-16-34-24-22(23(32-34)30-19-7-4-3-5-8-19)25(36)33(2)26-31-20-9-6-10-21(20)35(24)26/h3-5,7-8,11-14,20-21H,6,9-10,15-16H2,1-2H3,(H,30,32)/t20-,21+/m1/s1. The molecule has 186 valence electrons. The van der Waals surface area contributed by atoms with Gasteiger partial charge in [0.15, 0.2) is 5.82 Å². The van der Waals surface area contributed by atoms with Gasteiger partial charge >= 0.3 is 0 Å². The van der Waals surface area contributed by atoms with Crippen molar-refractivity contribution in [2.75, 3.05) is 17.3 Å². The fourth-order valence-electron chi connectivity index (χ4n) is 5.49. The first-order valence-electron chi connectivity index (χ1n) is 12.4. The fourth-order valence-corrected chi connectivity index (χ4v) is 5.49. The molecule has 0 spiro atoms. The van der Waals surface area contributed by atoms with E-state index in [1.807, 2.05) is 35.0 Å². The molecule has 2 atom stereocenters. The first-order chi connectivity index (χ1) is 17.3. The number of guanidine groups is 1. The molecule has 0 unspecified atom stereocenters. The van der Waals surface area contributed by atoms with Gasteiger partial charge in [0.25, 0.3) is 11.8 Å². The highest BCUT2D eigenvalue weighted by atomic mass is 19.3. The number of nitrogens with zero attached hydrogens (tertiary/aromatic N) is 5. The van der Waals surface area contributed by atoms with Crippen molar-refractivity contribution < 1.29 is 13.6 Å². The second kappa shape index (κ2) is 8.43. The molecule has 6 rings (SSSR count). The van der Waals surface area contributed by atoms with Crippen molar-refractivity contribution in [1.29, 1.82) is 0 Å². The lowest BCUT2D eigenvalue weighted by Crippen LogP contribution is -2.52. The maximum Gasteiger partial charge on any atom is 0.270 e. The number of amides is 1. The van der Waals surface area contributed by atoms with Crippen molar-refractivity contribution in [3.63, 3.8) is 0 Å². The van der Waals surface area contributed by atoms with Crippen LogP contribution in [0.3, 0.4) is 0 Å². The van der Waals surface area contributed by atoms with Crippen LogP contribution in [-0.4, -0.2) is 45.7 Å². The molecule has 1 fully saturated rings. The summed E-state index contributed by atoms with van der Waals surface area (Å²) in [6.07, 6.45) is 3.72. The smallest absolute Gasteiger partial charge is 0.270 e. The fraction of sp³-hybridized carbons (Fsp3) is 0.370. The zero-order valence-electron chi connectivity index (χ0n) is 20.3. The number of aliphatic imine (C=N–C) groups is 1. The van der Waals surface area contributed by atoms with Crippen LogP contribution in [0.15, 0.2) is 59.6 Å². The minimum Gasteiger partial charge on any atom is -0.338 e. The normalized spacial score (nSPS) is 20.8. The molecule has 2 aromatic carbocycles. The lowest BCUT2D eigenvalue weighted by Gasteiger charge is -2.35. The minimum atomic E-state index is -2.87. The third-order valence-corrected chi connectivity index (χ3v) is 7.35. The first-order valence-corrected chi connectivity index (χ1v) is 12.4. The van der Waals surface area contributed by atoms with E-state index in [4.69, 9.17) is 10.1 Å². The van der Waals surface area contributed by atoms with E-state index in [1.54, 1.807) is 24.1 Å². The predicted octanol–water partition coefficient (Wildman–Crippen LogP) is 5.16. The highest BCUT2D eigenvalue weighted by Gasteiger charge is 2.49. The van der Waals surface area contributed by atoms with Crippen LogP contribution in [0.5, 0.6) is 0 Å². The topological polar surface area (TPSA) is 65.8 Å². The summed E-state index contributed by atoms with van der Waals surface area (Å²) in [4.78, 5) is 22.3. The van der Waals surface area contributed by atoms with E-state index >= 15 is 0 Å². The van der Waals surface area contributed by atoms with E-state index < -0.39 is 5.92 Å². The number of nitrogens with one attached hydrogen (secondary N) is 1. The number of carbonyl (C=O) groups excluding carboxylic acids is 1. The number of fused-ring (bicyclic) bond motifs is 5. The number of aryl methyl sites for hydroxylation is 2. The summed E-state index contributed by atoms with van der Waals surface area (Å²) >= 11 is 0.